The van der Waals surface area contributed by atoms with Crippen LogP contribution in [0.15, 0.2) is 48.5 Å². The Bertz CT molecular complexity index is 617. The van der Waals surface area contributed by atoms with Gasteiger partial charge in [-0.15, -0.1) is 0 Å². The third-order valence-electron chi connectivity index (χ3n) is 4.43. The first-order valence-electron chi connectivity index (χ1n) is 8.43. The molecule has 24 heavy (non-hydrogen) atoms. The van der Waals surface area contributed by atoms with Crippen LogP contribution >= 0.6 is 0 Å². The number of hydrogen-bond donors (Lipinski definition) is 2. The molecule has 1 aliphatic carbocycles. The van der Waals surface area contributed by atoms with Crippen LogP contribution < -0.4 is 10.1 Å². The zero-order chi connectivity index (χ0) is 16.8. The van der Waals surface area contributed by atoms with Crippen molar-refractivity contribution in [3.63, 3.8) is 0 Å². The highest BCUT2D eigenvalue weighted by atomic mass is 16.5. The fourth-order valence-electron chi connectivity index (χ4n) is 3.10. The predicted molar refractivity (Wildman–Crippen MR) is 94.3 cm³/mol. The number of fused-ring (bicyclic) bond motifs is 1. The van der Waals surface area contributed by atoms with Gasteiger partial charge in [0.15, 0.2) is 0 Å². The molecular formula is C20H25NO3. The molecule has 0 unspecified atom stereocenters. The lowest BCUT2D eigenvalue weighted by molar-refractivity contribution is 0.0277. The van der Waals surface area contributed by atoms with E-state index in [1.807, 2.05) is 24.3 Å². The Morgan fingerprint density at radius 2 is 1.75 bits per heavy atom. The molecule has 0 heterocycles. The van der Waals surface area contributed by atoms with E-state index in [0.717, 1.165) is 24.2 Å². The van der Waals surface area contributed by atoms with E-state index >= 15 is 0 Å². The van der Waals surface area contributed by atoms with E-state index in [4.69, 9.17) is 9.47 Å². The van der Waals surface area contributed by atoms with Gasteiger partial charge >= 0.3 is 0 Å². The minimum Gasteiger partial charge on any atom is -0.497 e. The Hall–Kier alpha value is -1.88. The maximum Gasteiger partial charge on any atom is 0.118 e. The van der Waals surface area contributed by atoms with E-state index in [1.165, 1.54) is 11.1 Å². The van der Waals surface area contributed by atoms with Gasteiger partial charge in [-0.3, -0.25) is 0 Å². The van der Waals surface area contributed by atoms with Gasteiger partial charge in [0.25, 0.3) is 0 Å². The van der Waals surface area contributed by atoms with Gasteiger partial charge in [0.05, 0.1) is 26.4 Å². The van der Waals surface area contributed by atoms with Crippen molar-refractivity contribution in [2.45, 2.75) is 31.6 Å². The molecular weight excluding hydrogens is 302 g/mol. The average Bonchev–Trinajstić information content (AvgIpc) is 3.03. The van der Waals surface area contributed by atoms with Crippen LogP contribution in [0.4, 0.5) is 0 Å². The maximum absolute atomic E-state index is 10.1. The van der Waals surface area contributed by atoms with Gasteiger partial charge < -0.3 is 19.9 Å². The topological polar surface area (TPSA) is 50.7 Å². The first-order chi connectivity index (χ1) is 11.7. The van der Waals surface area contributed by atoms with E-state index in [9.17, 15) is 5.11 Å². The van der Waals surface area contributed by atoms with Crippen LogP contribution in [0.5, 0.6) is 5.75 Å². The van der Waals surface area contributed by atoms with Gasteiger partial charge in [0, 0.05) is 12.6 Å². The van der Waals surface area contributed by atoms with Crippen LogP contribution in [-0.4, -0.2) is 37.5 Å². The summed E-state index contributed by atoms with van der Waals surface area (Å²) in [6.45, 7) is 1.38. The van der Waals surface area contributed by atoms with Gasteiger partial charge in [-0.25, -0.2) is 0 Å². The molecule has 0 fully saturated rings. The molecule has 2 aromatic rings. The van der Waals surface area contributed by atoms with Crippen molar-refractivity contribution in [3.05, 3.63) is 65.2 Å². The molecule has 1 aliphatic rings. The summed E-state index contributed by atoms with van der Waals surface area (Å²) in [7, 11) is 1.65. The van der Waals surface area contributed by atoms with Crippen LogP contribution in [0, 0.1) is 0 Å². The molecule has 0 saturated heterocycles. The summed E-state index contributed by atoms with van der Waals surface area (Å²) in [5.41, 5.74) is 3.91. The van der Waals surface area contributed by atoms with Crippen molar-refractivity contribution in [1.29, 1.82) is 0 Å². The molecule has 1 atom stereocenters. The van der Waals surface area contributed by atoms with E-state index in [1.54, 1.807) is 7.11 Å². The first-order valence-corrected chi connectivity index (χ1v) is 8.43. The normalized spacial score (nSPS) is 15.2. The van der Waals surface area contributed by atoms with Crippen LogP contribution in [0.25, 0.3) is 0 Å². The third-order valence-corrected chi connectivity index (χ3v) is 4.43. The maximum atomic E-state index is 10.1. The molecule has 0 radical (unpaired) electrons. The number of aliphatic hydroxyl groups excluding tert-OH is 1. The van der Waals surface area contributed by atoms with Crippen LogP contribution in [0.1, 0.15) is 16.7 Å². The summed E-state index contributed by atoms with van der Waals surface area (Å²) in [4.78, 5) is 0. The van der Waals surface area contributed by atoms with E-state index < -0.39 is 6.10 Å². The smallest absolute Gasteiger partial charge is 0.118 e. The molecule has 4 heteroatoms. The highest BCUT2D eigenvalue weighted by Gasteiger charge is 2.20. The van der Waals surface area contributed by atoms with E-state index in [2.05, 4.69) is 29.6 Å². The molecule has 0 bridgehead atoms. The lowest BCUT2D eigenvalue weighted by atomic mass is 10.1. The number of methoxy groups -OCH3 is 1. The van der Waals surface area contributed by atoms with Crippen LogP contribution in [0.2, 0.25) is 0 Å². The first kappa shape index (κ1) is 17.0. The minimum atomic E-state index is -0.494. The molecule has 2 N–H and O–H groups in total. The quantitative estimate of drug-likeness (QED) is 0.781. The molecule has 0 spiro atoms. The monoisotopic (exact) mass is 327 g/mol. The second-order valence-electron chi connectivity index (χ2n) is 6.30. The molecule has 0 saturated carbocycles. The van der Waals surface area contributed by atoms with Gasteiger partial charge in [-0.1, -0.05) is 36.4 Å². The number of benzene rings is 2. The van der Waals surface area contributed by atoms with Crippen molar-refractivity contribution in [2.75, 3.05) is 20.3 Å². The number of hydrogen-bond acceptors (Lipinski definition) is 4. The summed E-state index contributed by atoms with van der Waals surface area (Å²) in [6.07, 6.45) is 1.58. The number of nitrogens with one attached hydrogen (secondary N) is 1. The highest BCUT2D eigenvalue weighted by molar-refractivity contribution is 5.33. The lowest BCUT2D eigenvalue weighted by Crippen LogP contribution is -2.37. The second kappa shape index (κ2) is 8.29. The Morgan fingerprint density at radius 3 is 2.38 bits per heavy atom. The predicted octanol–water partition coefficient (Wildman–Crippen LogP) is 2.33. The van der Waals surface area contributed by atoms with Crippen molar-refractivity contribution in [2.24, 2.45) is 0 Å². The molecule has 2 aromatic carbocycles. The number of ether oxygens (including phenoxy) is 2. The Balaban J connectivity index is 1.34. The average molecular weight is 327 g/mol. The van der Waals surface area contributed by atoms with Gasteiger partial charge in [0.2, 0.25) is 0 Å². The number of aliphatic hydroxyl groups is 1. The SMILES string of the molecule is COc1ccc(COC[C@@H](O)CNC2Cc3ccccc3C2)cc1. The Kier molecular flexibility index (Phi) is 5.86. The standard InChI is InChI=1S/C20H25NO3/c1-23-20-8-6-15(7-9-20)13-24-14-19(22)12-21-18-10-16-4-2-3-5-17(16)11-18/h2-9,18-19,21-22H,10-14H2,1H3/t19-/m0/s1. The van der Waals surface area contributed by atoms with Crippen molar-refractivity contribution in [3.8, 4) is 5.75 Å². The van der Waals surface area contributed by atoms with Gasteiger partial charge in [-0.05, 0) is 41.7 Å². The molecule has 0 amide bonds. The zero-order valence-corrected chi connectivity index (χ0v) is 14.1. The third kappa shape index (κ3) is 4.57. The van der Waals surface area contributed by atoms with Gasteiger partial charge in [-0.2, -0.15) is 0 Å². The lowest BCUT2D eigenvalue weighted by Gasteiger charge is -2.16. The summed E-state index contributed by atoms with van der Waals surface area (Å²) < 4.78 is 10.7. The molecule has 0 aliphatic heterocycles. The molecule has 128 valence electrons. The fraction of sp³-hybridized carbons (Fsp3) is 0.400. The Labute approximate surface area is 143 Å². The molecule has 4 nitrogen and oxygen atoms in total. The largest absolute Gasteiger partial charge is 0.497 e. The minimum absolute atomic E-state index is 0.332. The van der Waals surface area contributed by atoms with E-state index in [0.29, 0.717) is 25.8 Å². The van der Waals surface area contributed by atoms with Crippen molar-refractivity contribution in [1.82, 2.24) is 5.32 Å². The number of rotatable bonds is 8. The zero-order valence-electron chi connectivity index (χ0n) is 14.1. The summed E-state index contributed by atoms with van der Waals surface area (Å²) >= 11 is 0. The molecule has 3 rings (SSSR count). The van der Waals surface area contributed by atoms with E-state index in [-0.39, 0.29) is 0 Å². The second-order valence-corrected chi connectivity index (χ2v) is 6.30. The van der Waals surface area contributed by atoms with Gasteiger partial charge in [0.1, 0.15) is 5.75 Å². The summed E-state index contributed by atoms with van der Waals surface area (Å²) in [5, 5.41) is 13.5. The van der Waals surface area contributed by atoms with Crippen molar-refractivity contribution >= 4 is 0 Å². The summed E-state index contributed by atoms with van der Waals surface area (Å²) in [5.74, 6) is 0.834. The fourth-order valence-corrected chi connectivity index (χ4v) is 3.10. The highest BCUT2D eigenvalue weighted by Crippen LogP contribution is 2.21. The Morgan fingerprint density at radius 1 is 1.08 bits per heavy atom. The van der Waals surface area contributed by atoms with Crippen molar-refractivity contribution < 1.29 is 14.6 Å². The molecule has 0 aromatic heterocycles. The van der Waals surface area contributed by atoms with Crippen LogP contribution in [0.3, 0.4) is 0 Å². The summed E-state index contributed by atoms with van der Waals surface area (Å²) in [6, 6.07) is 16.7. The van der Waals surface area contributed by atoms with Crippen LogP contribution in [-0.2, 0) is 24.2 Å².